The number of nitrogens with zero attached hydrogens (tertiary/aromatic N) is 2. The first-order chi connectivity index (χ1) is 10.8. The van der Waals surface area contributed by atoms with E-state index in [1.54, 1.807) is 24.1 Å². The highest BCUT2D eigenvalue weighted by Crippen LogP contribution is 2.20. The van der Waals surface area contributed by atoms with Crippen molar-refractivity contribution in [3.05, 3.63) is 42.0 Å². The lowest BCUT2D eigenvalue weighted by molar-refractivity contribution is -0.130. The lowest BCUT2D eigenvalue weighted by Crippen LogP contribution is -2.40. The average molecular weight is 319 g/mol. The molecule has 0 aliphatic rings. The number of halogens is 1. The van der Waals surface area contributed by atoms with Crippen molar-refractivity contribution < 1.29 is 13.6 Å². The molecule has 5 nitrogen and oxygen atoms in total. The summed E-state index contributed by atoms with van der Waals surface area (Å²) in [7, 11) is 1.75. The molecule has 0 aliphatic carbocycles. The quantitative estimate of drug-likeness (QED) is 0.888. The minimum absolute atomic E-state index is 0.0505. The van der Waals surface area contributed by atoms with E-state index in [0.29, 0.717) is 30.2 Å². The maximum atomic E-state index is 12.9. The minimum Gasteiger partial charge on any atom is -0.444 e. The minimum atomic E-state index is -0.320. The Bertz CT molecular complexity index is 665. The number of amides is 1. The highest BCUT2D eigenvalue weighted by molar-refractivity contribution is 5.78. The number of rotatable bonds is 6. The van der Waals surface area contributed by atoms with Crippen molar-refractivity contribution >= 4 is 5.91 Å². The van der Waals surface area contributed by atoms with Crippen LogP contribution in [0.15, 0.2) is 34.9 Å². The first-order valence-corrected chi connectivity index (χ1v) is 7.45. The summed E-state index contributed by atoms with van der Waals surface area (Å²) in [5, 5.41) is 0. The zero-order chi connectivity index (χ0) is 17.0. The third-order valence-corrected chi connectivity index (χ3v) is 3.62. The highest BCUT2D eigenvalue weighted by atomic mass is 19.1. The van der Waals surface area contributed by atoms with E-state index >= 15 is 0 Å². The molecule has 2 N–H and O–H groups in total. The number of hydrogen-bond acceptors (Lipinski definition) is 4. The molecule has 0 fully saturated rings. The van der Waals surface area contributed by atoms with Gasteiger partial charge in [0, 0.05) is 19.2 Å². The van der Waals surface area contributed by atoms with Gasteiger partial charge in [-0.1, -0.05) is 13.8 Å². The molecule has 0 radical (unpaired) electrons. The van der Waals surface area contributed by atoms with Crippen LogP contribution in [0.5, 0.6) is 0 Å². The van der Waals surface area contributed by atoms with Gasteiger partial charge in [0.05, 0.1) is 12.1 Å². The van der Waals surface area contributed by atoms with Crippen LogP contribution in [0.2, 0.25) is 0 Å². The normalized spacial score (nSPS) is 11.5. The van der Waals surface area contributed by atoms with Crippen molar-refractivity contribution in [2.75, 3.05) is 20.1 Å². The van der Waals surface area contributed by atoms with E-state index in [2.05, 4.69) is 4.98 Å². The third-order valence-electron chi connectivity index (χ3n) is 3.62. The molecule has 0 aliphatic heterocycles. The SMILES string of the molecule is CN(CC(C)(C)CN)C(=O)Cc1coc(-c2ccc(F)cc2)n1. The summed E-state index contributed by atoms with van der Waals surface area (Å²) in [6.07, 6.45) is 1.61. The molecule has 2 aromatic rings. The third kappa shape index (κ3) is 4.63. The van der Waals surface area contributed by atoms with Crippen LogP contribution in [0.1, 0.15) is 19.5 Å². The van der Waals surface area contributed by atoms with Crippen molar-refractivity contribution in [2.45, 2.75) is 20.3 Å². The lowest BCUT2D eigenvalue weighted by Gasteiger charge is -2.28. The van der Waals surface area contributed by atoms with E-state index in [-0.39, 0.29) is 23.6 Å². The number of carbonyl (C=O) groups excluding carboxylic acids is 1. The zero-order valence-electron chi connectivity index (χ0n) is 13.7. The molecule has 2 rings (SSSR count). The second-order valence-corrected chi connectivity index (χ2v) is 6.45. The fraction of sp³-hybridized carbons (Fsp3) is 0.412. The molecular weight excluding hydrogens is 297 g/mol. The van der Waals surface area contributed by atoms with E-state index in [4.69, 9.17) is 10.2 Å². The summed E-state index contributed by atoms with van der Waals surface area (Å²) in [5.41, 5.74) is 6.78. The molecule has 0 bridgehead atoms. The van der Waals surface area contributed by atoms with Crippen LogP contribution in [0.3, 0.4) is 0 Å². The van der Waals surface area contributed by atoms with E-state index in [9.17, 15) is 9.18 Å². The van der Waals surface area contributed by atoms with E-state index in [1.165, 1.54) is 18.4 Å². The van der Waals surface area contributed by atoms with Gasteiger partial charge < -0.3 is 15.1 Å². The molecule has 1 aromatic heterocycles. The van der Waals surface area contributed by atoms with E-state index in [1.807, 2.05) is 13.8 Å². The van der Waals surface area contributed by atoms with Gasteiger partial charge >= 0.3 is 0 Å². The van der Waals surface area contributed by atoms with Crippen LogP contribution in [-0.2, 0) is 11.2 Å². The summed E-state index contributed by atoms with van der Waals surface area (Å²) in [4.78, 5) is 18.2. The van der Waals surface area contributed by atoms with Crippen molar-refractivity contribution in [1.82, 2.24) is 9.88 Å². The largest absolute Gasteiger partial charge is 0.444 e. The Kier molecular flexibility index (Phi) is 5.15. The summed E-state index contributed by atoms with van der Waals surface area (Å²) < 4.78 is 18.3. The first kappa shape index (κ1) is 17.1. The zero-order valence-corrected chi connectivity index (χ0v) is 13.7. The number of likely N-dealkylation sites (N-methyl/N-ethyl adjacent to an activating group) is 1. The fourth-order valence-corrected chi connectivity index (χ4v) is 2.20. The lowest BCUT2D eigenvalue weighted by atomic mass is 9.93. The smallest absolute Gasteiger partial charge is 0.228 e. The average Bonchev–Trinajstić information content (AvgIpc) is 2.96. The molecule has 23 heavy (non-hydrogen) atoms. The number of aromatic nitrogens is 1. The summed E-state index contributed by atoms with van der Waals surface area (Å²) in [6.45, 7) is 5.10. The Morgan fingerprint density at radius 1 is 1.35 bits per heavy atom. The summed E-state index contributed by atoms with van der Waals surface area (Å²) >= 11 is 0. The molecule has 0 unspecified atom stereocenters. The van der Waals surface area contributed by atoms with E-state index in [0.717, 1.165) is 0 Å². The first-order valence-electron chi connectivity index (χ1n) is 7.45. The van der Waals surface area contributed by atoms with Gasteiger partial charge in [-0.15, -0.1) is 0 Å². The summed E-state index contributed by atoms with van der Waals surface area (Å²) in [5.74, 6) is 0.00285. The predicted octanol–water partition coefficient (Wildman–Crippen LogP) is 2.47. The van der Waals surface area contributed by atoms with Crippen molar-refractivity contribution in [3.63, 3.8) is 0 Å². The van der Waals surface area contributed by atoms with Gasteiger partial charge in [-0.25, -0.2) is 9.37 Å². The number of oxazole rings is 1. The molecule has 1 heterocycles. The maximum absolute atomic E-state index is 12.9. The van der Waals surface area contributed by atoms with Crippen LogP contribution in [0.4, 0.5) is 4.39 Å². The van der Waals surface area contributed by atoms with Gasteiger partial charge in [0.1, 0.15) is 12.1 Å². The topological polar surface area (TPSA) is 72.4 Å². The van der Waals surface area contributed by atoms with Gasteiger partial charge in [-0.05, 0) is 36.2 Å². The molecule has 0 saturated heterocycles. The molecule has 0 spiro atoms. The van der Waals surface area contributed by atoms with Gasteiger partial charge in [-0.3, -0.25) is 4.79 Å². The molecule has 0 atom stereocenters. The fourth-order valence-electron chi connectivity index (χ4n) is 2.20. The Labute approximate surface area is 135 Å². The second kappa shape index (κ2) is 6.91. The Morgan fingerprint density at radius 3 is 2.61 bits per heavy atom. The van der Waals surface area contributed by atoms with Crippen LogP contribution >= 0.6 is 0 Å². The number of hydrogen-bond donors (Lipinski definition) is 1. The monoisotopic (exact) mass is 319 g/mol. The second-order valence-electron chi connectivity index (χ2n) is 6.45. The van der Waals surface area contributed by atoms with Gasteiger partial charge in [0.2, 0.25) is 11.8 Å². The van der Waals surface area contributed by atoms with Gasteiger partial charge in [0.25, 0.3) is 0 Å². The van der Waals surface area contributed by atoms with Gasteiger partial charge in [-0.2, -0.15) is 0 Å². The molecule has 1 aromatic carbocycles. The molecule has 0 saturated carbocycles. The van der Waals surface area contributed by atoms with E-state index < -0.39 is 0 Å². The summed E-state index contributed by atoms with van der Waals surface area (Å²) in [6, 6.07) is 5.85. The van der Waals surface area contributed by atoms with Crippen LogP contribution in [0, 0.1) is 11.2 Å². The number of benzene rings is 1. The van der Waals surface area contributed by atoms with Crippen LogP contribution < -0.4 is 5.73 Å². The molecular formula is C17H22FN3O2. The van der Waals surface area contributed by atoms with Crippen LogP contribution in [-0.4, -0.2) is 35.9 Å². The van der Waals surface area contributed by atoms with Crippen LogP contribution in [0.25, 0.3) is 11.5 Å². The van der Waals surface area contributed by atoms with Crippen molar-refractivity contribution in [1.29, 1.82) is 0 Å². The standard InChI is InChI=1S/C17H22FN3O2/c1-17(2,10-19)11-21(3)15(22)8-14-9-23-16(20-14)12-4-6-13(18)7-5-12/h4-7,9H,8,10-11,19H2,1-3H3. The Balaban J connectivity index is 2.01. The number of nitrogens with two attached hydrogens (primary N) is 1. The van der Waals surface area contributed by atoms with Gasteiger partial charge in [0.15, 0.2) is 0 Å². The van der Waals surface area contributed by atoms with Crippen molar-refractivity contribution in [2.24, 2.45) is 11.1 Å². The Hall–Kier alpha value is -2.21. The molecule has 6 heteroatoms. The van der Waals surface area contributed by atoms with Crippen molar-refractivity contribution in [3.8, 4) is 11.5 Å². The maximum Gasteiger partial charge on any atom is 0.228 e. The Morgan fingerprint density at radius 2 is 2.00 bits per heavy atom. The molecule has 124 valence electrons. The molecule has 1 amide bonds. The predicted molar refractivity (Wildman–Crippen MR) is 86.1 cm³/mol. The highest BCUT2D eigenvalue weighted by Gasteiger charge is 2.22. The number of carbonyl (C=O) groups is 1.